The maximum atomic E-state index is 11.6. The number of ether oxygens (including phenoxy) is 1. The second kappa shape index (κ2) is 6.47. The third-order valence-corrected chi connectivity index (χ3v) is 2.94. The van der Waals surface area contributed by atoms with Crippen molar-refractivity contribution in [1.82, 2.24) is 25.1 Å². The van der Waals surface area contributed by atoms with E-state index in [1.54, 1.807) is 4.68 Å². The minimum atomic E-state index is -0.494. The number of hydrogen-bond donors (Lipinski definition) is 0. The van der Waals surface area contributed by atoms with Crippen LogP contribution in [0.3, 0.4) is 0 Å². The Labute approximate surface area is 122 Å². The fourth-order valence-corrected chi connectivity index (χ4v) is 1.99. The summed E-state index contributed by atoms with van der Waals surface area (Å²) in [4.78, 5) is 15.9. The van der Waals surface area contributed by atoms with Gasteiger partial charge < -0.3 is 9.26 Å². The van der Waals surface area contributed by atoms with Crippen molar-refractivity contribution in [3.05, 3.63) is 23.1 Å². The summed E-state index contributed by atoms with van der Waals surface area (Å²) in [5.41, 5.74) is 0.919. The molecule has 0 aliphatic rings. The Morgan fingerprint density at radius 1 is 1.43 bits per heavy atom. The van der Waals surface area contributed by atoms with Gasteiger partial charge in [-0.2, -0.15) is 4.98 Å². The lowest BCUT2D eigenvalue weighted by Gasteiger charge is -2.02. The van der Waals surface area contributed by atoms with Crippen molar-refractivity contribution >= 4 is 5.97 Å². The van der Waals surface area contributed by atoms with Crippen LogP contribution < -0.4 is 0 Å². The van der Waals surface area contributed by atoms with E-state index in [4.69, 9.17) is 4.52 Å². The van der Waals surface area contributed by atoms with Crippen LogP contribution in [-0.2, 0) is 24.1 Å². The van der Waals surface area contributed by atoms with Crippen LogP contribution in [0.25, 0.3) is 0 Å². The molecule has 21 heavy (non-hydrogen) atoms. The summed E-state index contributed by atoms with van der Waals surface area (Å²) in [6, 6.07) is 0. The van der Waals surface area contributed by atoms with Gasteiger partial charge in [0.25, 0.3) is 0 Å². The van der Waals surface area contributed by atoms with Gasteiger partial charge in [-0.3, -0.25) is 0 Å². The molecule has 2 aromatic rings. The van der Waals surface area contributed by atoms with Crippen LogP contribution in [0, 0.1) is 5.92 Å². The average Bonchev–Trinajstić information content (AvgIpc) is 3.04. The average molecular weight is 293 g/mol. The normalized spacial score (nSPS) is 11.1. The highest BCUT2D eigenvalue weighted by molar-refractivity contribution is 5.88. The molecule has 0 saturated carbocycles. The lowest BCUT2D eigenvalue weighted by Crippen LogP contribution is -2.10. The van der Waals surface area contributed by atoms with E-state index in [9.17, 15) is 4.79 Å². The first kappa shape index (κ1) is 15.1. The minimum absolute atomic E-state index is 0.228. The summed E-state index contributed by atoms with van der Waals surface area (Å²) in [5.74, 6) is 1.07. The third-order valence-electron chi connectivity index (χ3n) is 2.94. The Bertz CT molecular complexity index is 617. The van der Waals surface area contributed by atoms with E-state index in [1.165, 1.54) is 7.11 Å². The predicted octanol–water partition coefficient (Wildman–Crippen LogP) is 1.26. The zero-order valence-corrected chi connectivity index (χ0v) is 12.7. The molecule has 0 aliphatic heterocycles. The van der Waals surface area contributed by atoms with Gasteiger partial charge in [0.15, 0.2) is 11.5 Å². The zero-order valence-electron chi connectivity index (χ0n) is 12.7. The van der Waals surface area contributed by atoms with Crippen molar-refractivity contribution in [1.29, 1.82) is 0 Å². The maximum absolute atomic E-state index is 11.6. The summed E-state index contributed by atoms with van der Waals surface area (Å²) >= 11 is 0. The molecular weight excluding hydrogens is 274 g/mol. The second-order valence-electron chi connectivity index (χ2n) is 5.09. The molecule has 0 amide bonds. The van der Waals surface area contributed by atoms with E-state index >= 15 is 0 Å². The van der Waals surface area contributed by atoms with Gasteiger partial charge in [0.2, 0.25) is 5.89 Å². The van der Waals surface area contributed by atoms with Crippen LogP contribution in [0.15, 0.2) is 4.52 Å². The van der Waals surface area contributed by atoms with Crippen molar-refractivity contribution in [2.24, 2.45) is 5.92 Å². The van der Waals surface area contributed by atoms with Crippen LogP contribution in [0.5, 0.6) is 0 Å². The fraction of sp³-hybridized carbons (Fsp3) is 0.615. The molecule has 0 saturated heterocycles. The molecule has 114 valence electrons. The molecule has 0 spiro atoms. The van der Waals surface area contributed by atoms with Crippen molar-refractivity contribution in [3.8, 4) is 0 Å². The number of rotatable bonds is 6. The van der Waals surface area contributed by atoms with Gasteiger partial charge in [-0.25, -0.2) is 9.48 Å². The van der Waals surface area contributed by atoms with Gasteiger partial charge >= 0.3 is 5.97 Å². The molecular formula is C13H19N5O3. The van der Waals surface area contributed by atoms with Gasteiger partial charge in [0, 0.05) is 6.42 Å². The number of methoxy groups -OCH3 is 1. The highest BCUT2D eigenvalue weighted by Gasteiger charge is 2.20. The van der Waals surface area contributed by atoms with Gasteiger partial charge in [-0.15, -0.1) is 5.10 Å². The van der Waals surface area contributed by atoms with Crippen LogP contribution in [0.2, 0.25) is 0 Å². The number of hydrogen-bond acceptors (Lipinski definition) is 7. The lowest BCUT2D eigenvalue weighted by atomic mass is 10.1. The van der Waals surface area contributed by atoms with Gasteiger partial charge in [0.05, 0.1) is 12.8 Å². The fourth-order valence-electron chi connectivity index (χ4n) is 1.99. The Hall–Kier alpha value is -2.25. The van der Waals surface area contributed by atoms with E-state index in [0.717, 1.165) is 6.42 Å². The first-order valence-electron chi connectivity index (χ1n) is 6.87. The van der Waals surface area contributed by atoms with Crippen LogP contribution in [0.1, 0.15) is 48.7 Å². The third kappa shape index (κ3) is 3.45. The molecule has 0 N–H and O–H groups in total. The number of aromatic nitrogens is 5. The molecule has 0 aliphatic carbocycles. The predicted molar refractivity (Wildman–Crippen MR) is 72.7 cm³/mol. The van der Waals surface area contributed by atoms with Gasteiger partial charge in [-0.1, -0.05) is 31.1 Å². The molecule has 0 radical (unpaired) electrons. The molecule has 0 unspecified atom stereocenters. The Morgan fingerprint density at radius 3 is 2.81 bits per heavy atom. The first-order valence-corrected chi connectivity index (χ1v) is 6.87. The highest BCUT2D eigenvalue weighted by atomic mass is 16.5. The van der Waals surface area contributed by atoms with Crippen LogP contribution >= 0.6 is 0 Å². The molecule has 2 heterocycles. The molecule has 0 aromatic carbocycles. The lowest BCUT2D eigenvalue weighted by molar-refractivity contribution is 0.0592. The maximum Gasteiger partial charge on any atom is 0.360 e. The Kier molecular flexibility index (Phi) is 4.66. The highest BCUT2D eigenvalue weighted by Crippen LogP contribution is 2.11. The summed E-state index contributed by atoms with van der Waals surface area (Å²) in [6.07, 6.45) is 1.34. The van der Waals surface area contributed by atoms with E-state index in [-0.39, 0.29) is 5.69 Å². The van der Waals surface area contributed by atoms with Crippen molar-refractivity contribution < 1.29 is 14.1 Å². The molecule has 0 fully saturated rings. The Morgan fingerprint density at radius 2 is 2.19 bits per heavy atom. The quantitative estimate of drug-likeness (QED) is 0.739. The van der Waals surface area contributed by atoms with Crippen molar-refractivity contribution in [2.75, 3.05) is 7.11 Å². The zero-order chi connectivity index (χ0) is 15.4. The molecule has 8 heteroatoms. The summed E-state index contributed by atoms with van der Waals surface area (Å²) in [7, 11) is 1.32. The summed E-state index contributed by atoms with van der Waals surface area (Å²) < 4.78 is 11.5. The smallest absolute Gasteiger partial charge is 0.360 e. The number of carbonyl (C=O) groups is 1. The Balaban J connectivity index is 2.18. The largest absolute Gasteiger partial charge is 0.464 e. The van der Waals surface area contributed by atoms with Crippen LogP contribution in [-0.4, -0.2) is 38.2 Å². The van der Waals surface area contributed by atoms with E-state index in [2.05, 4.69) is 39.0 Å². The summed E-state index contributed by atoms with van der Waals surface area (Å²) in [5, 5.41) is 11.8. The SMILES string of the molecule is CCc1c(C(=O)OC)nnn1Cc1noc(CC(C)C)n1. The van der Waals surface area contributed by atoms with E-state index in [0.29, 0.717) is 36.3 Å². The van der Waals surface area contributed by atoms with E-state index in [1.807, 2.05) is 6.92 Å². The molecule has 8 nitrogen and oxygen atoms in total. The van der Waals surface area contributed by atoms with E-state index < -0.39 is 5.97 Å². The first-order chi connectivity index (χ1) is 10.0. The van der Waals surface area contributed by atoms with Gasteiger partial charge in [0.1, 0.15) is 6.54 Å². The monoisotopic (exact) mass is 293 g/mol. The topological polar surface area (TPSA) is 95.9 Å². The number of nitrogens with zero attached hydrogens (tertiary/aromatic N) is 5. The standard InChI is InChI=1S/C13H19N5O3/c1-5-9-12(13(19)20-4)15-17-18(9)7-10-14-11(21-16-10)6-8(2)3/h8H,5-7H2,1-4H3. The van der Waals surface area contributed by atoms with Crippen molar-refractivity contribution in [2.45, 2.75) is 40.2 Å². The van der Waals surface area contributed by atoms with Crippen molar-refractivity contribution in [3.63, 3.8) is 0 Å². The second-order valence-corrected chi connectivity index (χ2v) is 5.09. The minimum Gasteiger partial charge on any atom is -0.464 e. The number of esters is 1. The summed E-state index contributed by atoms with van der Waals surface area (Å²) in [6.45, 7) is 6.40. The van der Waals surface area contributed by atoms with Crippen LogP contribution in [0.4, 0.5) is 0 Å². The number of carbonyl (C=O) groups excluding carboxylic acids is 1. The molecule has 2 rings (SSSR count). The molecule has 0 bridgehead atoms. The molecule has 0 atom stereocenters. The molecule has 2 aromatic heterocycles. The van der Waals surface area contributed by atoms with Gasteiger partial charge in [-0.05, 0) is 12.3 Å².